The summed E-state index contributed by atoms with van der Waals surface area (Å²) < 4.78 is 25.0. The van der Waals surface area contributed by atoms with E-state index in [1.165, 1.54) is 18.4 Å². The van der Waals surface area contributed by atoms with E-state index in [4.69, 9.17) is 8.94 Å². The average molecular weight is 311 g/mol. The van der Waals surface area contributed by atoms with Crippen LogP contribution in [0.5, 0.6) is 0 Å². The fourth-order valence-electron chi connectivity index (χ4n) is 2.18. The lowest BCUT2D eigenvalue weighted by Crippen LogP contribution is -1.99. The lowest BCUT2D eigenvalue weighted by atomic mass is 10.3. The Balaban J connectivity index is 1.72. The van der Waals surface area contributed by atoms with Crippen LogP contribution in [0.4, 0.5) is 4.39 Å². The van der Waals surface area contributed by atoms with E-state index in [1.54, 1.807) is 28.9 Å². The molecule has 0 aliphatic carbocycles. The molecule has 8 heteroatoms. The van der Waals surface area contributed by atoms with E-state index in [1.807, 2.05) is 6.92 Å². The normalized spacial score (nSPS) is 11.0. The molecule has 4 rings (SSSR count). The smallest absolute Gasteiger partial charge is 0.293 e. The van der Waals surface area contributed by atoms with Crippen LogP contribution in [0.3, 0.4) is 0 Å². The van der Waals surface area contributed by atoms with Gasteiger partial charge in [0.05, 0.1) is 17.6 Å². The van der Waals surface area contributed by atoms with Crippen molar-refractivity contribution in [1.82, 2.24) is 25.1 Å². The Bertz CT molecular complexity index is 941. The molecule has 0 radical (unpaired) electrons. The number of halogens is 1. The van der Waals surface area contributed by atoms with Gasteiger partial charge in [-0.1, -0.05) is 10.4 Å². The molecule has 7 nitrogen and oxygen atoms in total. The molecule has 0 aliphatic rings. The fourth-order valence-corrected chi connectivity index (χ4v) is 2.18. The molecular formula is C15H10FN5O2. The molecule has 0 saturated heterocycles. The summed E-state index contributed by atoms with van der Waals surface area (Å²) in [6.07, 6.45) is 1.52. The van der Waals surface area contributed by atoms with Crippen LogP contribution in [0.1, 0.15) is 5.69 Å². The SMILES string of the molecule is Cc1c(-c2noc(-c3ccco3)n2)nnn1-c1ccc(F)cc1. The van der Waals surface area contributed by atoms with Crippen molar-refractivity contribution in [1.29, 1.82) is 0 Å². The molecule has 0 fully saturated rings. The highest BCUT2D eigenvalue weighted by molar-refractivity contribution is 5.56. The van der Waals surface area contributed by atoms with Crippen LogP contribution in [0, 0.1) is 12.7 Å². The minimum absolute atomic E-state index is 0.265. The van der Waals surface area contributed by atoms with Gasteiger partial charge in [-0.15, -0.1) is 5.10 Å². The van der Waals surface area contributed by atoms with Crippen LogP contribution in [-0.4, -0.2) is 25.1 Å². The van der Waals surface area contributed by atoms with Crippen LogP contribution in [0.25, 0.3) is 28.9 Å². The third kappa shape index (κ3) is 2.30. The maximum Gasteiger partial charge on any atom is 0.293 e. The van der Waals surface area contributed by atoms with E-state index >= 15 is 0 Å². The first-order chi connectivity index (χ1) is 11.2. The van der Waals surface area contributed by atoms with Gasteiger partial charge < -0.3 is 8.94 Å². The van der Waals surface area contributed by atoms with Gasteiger partial charge in [-0.3, -0.25) is 0 Å². The lowest BCUT2D eigenvalue weighted by molar-refractivity contribution is 0.416. The van der Waals surface area contributed by atoms with E-state index in [0.717, 1.165) is 0 Å². The summed E-state index contributed by atoms with van der Waals surface area (Å²) in [4.78, 5) is 4.26. The van der Waals surface area contributed by atoms with Crippen molar-refractivity contribution < 1.29 is 13.3 Å². The number of rotatable bonds is 3. The predicted octanol–water partition coefficient (Wildman–Crippen LogP) is 3.02. The largest absolute Gasteiger partial charge is 0.459 e. The number of aromatic nitrogens is 5. The first-order valence-corrected chi connectivity index (χ1v) is 6.78. The minimum Gasteiger partial charge on any atom is -0.459 e. The second-order valence-corrected chi connectivity index (χ2v) is 4.81. The molecule has 23 heavy (non-hydrogen) atoms. The first kappa shape index (κ1) is 13.4. The number of benzene rings is 1. The zero-order chi connectivity index (χ0) is 15.8. The first-order valence-electron chi connectivity index (χ1n) is 6.78. The Morgan fingerprint density at radius 3 is 2.70 bits per heavy atom. The number of furan rings is 1. The van der Waals surface area contributed by atoms with Gasteiger partial charge in [0.25, 0.3) is 5.89 Å². The molecule has 4 aromatic rings. The van der Waals surface area contributed by atoms with Gasteiger partial charge in [-0.2, -0.15) is 4.98 Å². The van der Waals surface area contributed by atoms with Crippen molar-refractivity contribution in [3.63, 3.8) is 0 Å². The standard InChI is InChI=1S/C15H10FN5O2/c1-9-13(14-17-15(23-19-14)12-3-2-8-22-12)18-20-21(9)11-6-4-10(16)5-7-11/h2-8H,1H3. The minimum atomic E-state index is -0.312. The monoisotopic (exact) mass is 311 g/mol. The topological polar surface area (TPSA) is 82.8 Å². The Morgan fingerprint density at radius 2 is 1.96 bits per heavy atom. The van der Waals surface area contributed by atoms with Crippen molar-refractivity contribution in [2.45, 2.75) is 6.92 Å². The maximum absolute atomic E-state index is 13.0. The fraction of sp³-hybridized carbons (Fsp3) is 0.0667. The van der Waals surface area contributed by atoms with Crippen molar-refractivity contribution in [3.8, 4) is 28.9 Å². The predicted molar refractivity (Wildman–Crippen MR) is 77.0 cm³/mol. The van der Waals surface area contributed by atoms with E-state index in [-0.39, 0.29) is 11.7 Å². The van der Waals surface area contributed by atoms with Crippen molar-refractivity contribution >= 4 is 0 Å². The molecule has 0 saturated carbocycles. The Labute approximate surface area is 129 Å². The molecule has 0 atom stereocenters. The van der Waals surface area contributed by atoms with Gasteiger partial charge in [0, 0.05) is 0 Å². The third-order valence-corrected chi connectivity index (χ3v) is 3.34. The van der Waals surface area contributed by atoms with Gasteiger partial charge >= 0.3 is 0 Å². The van der Waals surface area contributed by atoms with Crippen molar-refractivity contribution in [2.24, 2.45) is 0 Å². The van der Waals surface area contributed by atoms with Gasteiger partial charge in [0.15, 0.2) is 11.5 Å². The van der Waals surface area contributed by atoms with Crippen molar-refractivity contribution in [3.05, 3.63) is 54.2 Å². The summed E-state index contributed by atoms with van der Waals surface area (Å²) >= 11 is 0. The Morgan fingerprint density at radius 1 is 1.13 bits per heavy atom. The van der Waals surface area contributed by atoms with Crippen LogP contribution in [0.2, 0.25) is 0 Å². The average Bonchev–Trinajstić information content (AvgIpc) is 3.27. The highest BCUT2D eigenvalue weighted by Crippen LogP contribution is 2.24. The summed E-state index contributed by atoms with van der Waals surface area (Å²) in [5, 5.41) is 12.0. The number of hydrogen-bond acceptors (Lipinski definition) is 6. The quantitative estimate of drug-likeness (QED) is 0.578. The summed E-state index contributed by atoms with van der Waals surface area (Å²) in [7, 11) is 0. The number of nitrogens with zero attached hydrogens (tertiary/aromatic N) is 5. The van der Waals surface area contributed by atoms with E-state index < -0.39 is 0 Å². The van der Waals surface area contributed by atoms with E-state index in [9.17, 15) is 4.39 Å². The highest BCUT2D eigenvalue weighted by atomic mass is 19.1. The summed E-state index contributed by atoms with van der Waals surface area (Å²) in [6, 6.07) is 9.41. The van der Waals surface area contributed by atoms with Gasteiger partial charge in [-0.25, -0.2) is 9.07 Å². The maximum atomic E-state index is 13.0. The van der Waals surface area contributed by atoms with Gasteiger partial charge in [0.2, 0.25) is 5.82 Å². The molecule has 3 heterocycles. The molecule has 0 amide bonds. The van der Waals surface area contributed by atoms with E-state index in [0.29, 0.717) is 28.7 Å². The lowest BCUT2D eigenvalue weighted by Gasteiger charge is -2.02. The van der Waals surface area contributed by atoms with Crippen LogP contribution in [-0.2, 0) is 0 Å². The molecule has 1 aromatic carbocycles. The molecule has 114 valence electrons. The second kappa shape index (κ2) is 5.16. The molecule has 0 unspecified atom stereocenters. The van der Waals surface area contributed by atoms with Crippen LogP contribution >= 0.6 is 0 Å². The highest BCUT2D eigenvalue weighted by Gasteiger charge is 2.19. The third-order valence-electron chi connectivity index (χ3n) is 3.34. The zero-order valence-electron chi connectivity index (χ0n) is 12.0. The van der Waals surface area contributed by atoms with Gasteiger partial charge in [0.1, 0.15) is 5.82 Å². The summed E-state index contributed by atoms with van der Waals surface area (Å²) in [5.41, 5.74) is 1.89. The number of hydrogen-bond donors (Lipinski definition) is 0. The molecule has 3 aromatic heterocycles. The summed E-state index contributed by atoms with van der Waals surface area (Å²) in [5.74, 6) is 0.739. The summed E-state index contributed by atoms with van der Waals surface area (Å²) in [6.45, 7) is 1.82. The molecular weight excluding hydrogens is 301 g/mol. The Hall–Kier alpha value is -3.29. The van der Waals surface area contributed by atoms with Gasteiger partial charge in [-0.05, 0) is 43.3 Å². The Kier molecular flexibility index (Phi) is 3.00. The van der Waals surface area contributed by atoms with Crippen LogP contribution in [0.15, 0.2) is 51.6 Å². The second-order valence-electron chi connectivity index (χ2n) is 4.81. The molecule has 0 bridgehead atoms. The van der Waals surface area contributed by atoms with Crippen molar-refractivity contribution in [2.75, 3.05) is 0 Å². The molecule has 0 aliphatic heterocycles. The molecule has 0 spiro atoms. The van der Waals surface area contributed by atoms with Crippen LogP contribution < -0.4 is 0 Å². The molecule has 0 N–H and O–H groups in total. The van der Waals surface area contributed by atoms with E-state index in [2.05, 4.69) is 20.5 Å². The zero-order valence-corrected chi connectivity index (χ0v) is 12.0.